The van der Waals surface area contributed by atoms with E-state index in [1.165, 1.54) is 30.3 Å². The molecule has 0 atom stereocenters. The average molecular weight is 666 g/mol. The van der Waals surface area contributed by atoms with Gasteiger partial charge in [-0.2, -0.15) is 70.2 Å². The van der Waals surface area contributed by atoms with Gasteiger partial charge in [-0.05, 0) is 30.7 Å². The second kappa shape index (κ2) is 9.97. The van der Waals surface area contributed by atoms with Crippen LogP contribution in [0, 0.1) is 6.92 Å². The summed E-state index contributed by atoms with van der Waals surface area (Å²) in [5.41, 5.74) is -3.55. The molecule has 1 amide bonds. The lowest BCUT2D eigenvalue weighted by Crippen LogP contribution is -2.75. The van der Waals surface area contributed by atoms with Crippen LogP contribution in [-0.4, -0.2) is 62.1 Å². The molecule has 238 valence electrons. The van der Waals surface area contributed by atoms with E-state index in [0.717, 1.165) is 24.0 Å². The number of aromatic nitrogens is 2. The van der Waals surface area contributed by atoms with Gasteiger partial charge in [0.1, 0.15) is 5.69 Å². The van der Waals surface area contributed by atoms with Crippen LogP contribution in [0.25, 0.3) is 5.69 Å². The molecule has 0 bridgehead atoms. The van der Waals surface area contributed by atoms with Crippen LogP contribution in [0.3, 0.4) is 0 Å². The molecule has 2 rings (SSSR count). The highest BCUT2D eigenvalue weighted by Crippen LogP contribution is 2.64. The Labute approximate surface area is 226 Å². The van der Waals surface area contributed by atoms with Crippen molar-refractivity contribution in [2.24, 2.45) is 7.05 Å². The van der Waals surface area contributed by atoms with E-state index < -0.39 is 69.7 Å². The molecule has 0 aliphatic carbocycles. The van der Waals surface area contributed by atoms with Crippen molar-refractivity contribution in [1.29, 1.82) is 0 Å². The van der Waals surface area contributed by atoms with Gasteiger partial charge in [-0.15, -0.1) is 0 Å². The normalized spacial score (nSPS) is 14.7. The van der Waals surface area contributed by atoms with Crippen LogP contribution in [0.15, 0.2) is 35.1 Å². The topological polar surface area (TPSA) is 56.0 Å². The Bertz CT molecular complexity index is 1400. The second-order valence-electron chi connectivity index (χ2n) is 8.41. The molecule has 0 spiro atoms. The van der Waals surface area contributed by atoms with E-state index >= 15 is 0 Å². The zero-order valence-corrected chi connectivity index (χ0v) is 20.8. The van der Waals surface area contributed by atoms with Crippen molar-refractivity contribution in [2.75, 3.05) is 5.32 Å². The summed E-state index contributed by atoms with van der Waals surface area (Å²) in [6, 6.07) is 6.48. The maximum absolute atomic E-state index is 14.3. The van der Waals surface area contributed by atoms with Gasteiger partial charge in [0.2, 0.25) is 0 Å². The Kier molecular flexibility index (Phi) is 8.32. The molecule has 0 unspecified atom stereocenters. The number of hydrogen-bond donors (Lipinski definition) is 1. The highest BCUT2D eigenvalue weighted by Gasteiger charge is 2.95. The summed E-state index contributed by atoms with van der Waals surface area (Å²) in [4.78, 5) is 24.5. The first kappa shape index (κ1) is 35.1. The fourth-order valence-electron chi connectivity index (χ4n) is 3.21. The highest BCUT2D eigenvalue weighted by molar-refractivity contribution is 6.22. The van der Waals surface area contributed by atoms with E-state index in [4.69, 9.17) is 0 Å². The number of halogens is 17. The van der Waals surface area contributed by atoms with Gasteiger partial charge in [0, 0.05) is 7.05 Å². The van der Waals surface area contributed by atoms with Crippen LogP contribution in [0.2, 0.25) is 0 Å². The molecule has 1 aromatic heterocycles. The Morgan fingerprint density at radius 3 is 1.48 bits per heavy atom. The van der Waals surface area contributed by atoms with Crippen molar-refractivity contribution in [3.63, 3.8) is 0 Å². The summed E-state index contributed by atoms with van der Waals surface area (Å²) in [5, 5.41) is -6.19. The number of benzene rings is 1. The molecule has 22 heteroatoms. The fraction of sp³-hybridized carbons (Fsp3) is 0.500. The minimum Gasteiger partial charge on any atom is -0.314 e. The van der Waals surface area contributed by atoms with Crippen LogP contribution >= 0.6 is 11.6 Å². The molecule has 0 fully saturated rings. The van der Waals surface area contributed by atoms with E-state index in [-0.39, 0.29) is 5.69 Å². The SMILES string of the molecule is Cc1c(NC(=O)C(F)(F)C(F)(F)C(F)(F)C(F)(F)C(F)(F)C(F)(F)C(F)(F)C(F)(F)Cl)c(=O)n(-c2ccccc2)n1C. The first-order valence-electron chi connectivity index (χ1n) is 10.3. The number of alkyl halides is 17. The van der Waals surface area contributed by atoms with Gasteiger partial charge in [-0.1, -0.05) is 18.2 Å². The summed E-state index contributed by atoms with van der Waals surface area (Å²) in [5.74, 6) is -61.5. The Morgan fingerprint density at radius 1 is 0.690 bits per heavy atom. The van der Waals surface area contributed by atoms with E-state index in [9.17, 15) is 79.8 Å². The van der Waals surface area contributed by atoms with Crippen LogP contribution in [0.4, 0.5) is 75.9 Å². The van der Waals surface area contributed by atoms with Crippen molar-refractivity contribution in [1.82, 2.24) is 9.36 Å². The van der Waals surface area contributed by atoms with Gasteiger partial charge in [-0.25, -0.2) is 4.68 Å². The van der Waals surface area contributed by atoms with Crippen molar-refractivity contribution < 1.29 is 75.0 Å². The van der Waals surface area contributed by atoms with Gasteiger partial charge in [-0.3, -0.25) is 14.3 Å². The standard InChI is InChI=1S/C20H12ClF16N3O2/c1-8-10(11(41)40(39(8)2)9-6-4-3-5-7-9)38-12(42)13(22,23)14(24,25)15(26,27)16(28,29)17(30,31)18(32,33)19(34,35)20(21,36)37/h3-7H,1-2H3,(H,38,42). The molecule has 0 aliphatic heterocycles. The largest absolute Gasteiger partial charge is 0.393 e. The molecule has 1 aromatic carbocycles. The highest BCUT2D eigenvalue weighted by atomic mass is 35.5. The van der Waals surface area contributed by atoms with Crippen molar-refractivity contribution in [2.45, 2.75) is 53.8 Å². The van der Waals surface area contributed by atoms with Gasteiger partial charge >= 0.3 is 52.7 Å². The number of anilines is 1. The van der Waals surface area contributed by atoms with Crippen LogP contribution in [0.1, 0.15) is 5.69 Å². The summed E-state index contributed by atoms with van der Waals surface area (Å²) in [7, 11) is 1.02. The Balaban J connectivity index is 2.60. The number of nitrogens with zero attached hydrogens (tertiary/aromatic N) is 2. The van der Waals surface area contributed by atoms with E-state index in [2.05, 4.69) is 11.6 Å². The van der Waals surface area contributed by atoms with Gasteiger partial charge in [0.05, 0.1) is 11.4 Å². The third kappa shape index (κ3) is 4.57. The van der Waals surface area contributed by atoms with Crippen molar-refractivity contribution in [3.05, 3.63) is 46.4 Å². The van der Waals surface area contributed by atoms with Crippen molar-refractivity contribution in [3.8, 4) is 5.69 Å². The minimum absolute atomic E-state index is 0.0700. The lowest BCUT2D eigenvalue weighted by Gasteiger charge is -2.42. The predicted octanol–water partition coefficient (Wildman–Crippen LogP) is 6.70. The van der Waals surface area contributed by atoms with Crippen LogP contribution in [0.5, 0.6) is 0 Å². The average Bonchev–Trinajstić information content (AvgIpc) is 3.05. The number of amides is 1. The maximum Gasteiger partial charge on any atom is 0.393 e. The number of hydrogen-bond acceptors (Lipinski definition) is 2. The fourth-order valence-corrected chi connectivity index (χ4v) is 3.33. The Hall–Kier alpha value is -3.13. The number of para-hydroxylation sites is 1. The molecular weight excluding hydrogens is 654 g/mol. The molecule has 5 nitrogen and oxygen atoms in total. The number of carbonyl (C=O) groups is 1. The summed E-state index contributed by atoms with van der Waals surface area (Å²) in [6.07, 6.45) is 0. The predicted molar refractivity (Wildman–Crippen MR) is 110 cm³/mol. The van der Waals surface area contributed by atoms with Gasteiger partial charge in [0.25, 0.3) is 5.56 Å². The molecular formula is C20H12ClF16N3O2. The first-order chi connectivity index (χ1) is 18.5. The summed E-state index contributed by atoms with van der Waals surface area (Å²) >= 11 is 3.46. The molecule has 0 radical (unpaired) electrons. The molecule has 42 heavy (non-hydrogen) atoms. The van der Waals surface area contributed by atoms with E-state index in [1.54, 1.807) is 0 Å². The molecule has 2 aromatic rings. The van der Waals surface area contributed by atoms with E-state index in [1.807, 2.05) is 0 Å². The zero-order chi connectivity index (χ0) is 33.3. The van der Waals surface area contributed by atoms with Crippen molar-refractivity contribution >= 4 is 23.2 Å². The minimum atomic E-state index is -8.72. The lowest BCUT2D eigenvalue weighted by molar-refractivity contribution is -0.445. The maximum atomic E-state index is 14.3. The molecule has 1 heterocycles. The van der Waals surface area contributed by atoms with Gasteiger partial charge in [0.15, 0.2) is 0 Å². The quantitative estimate of drug-likeness (QED) is 0.227. The third-order valence-electron chi connectivity index (χ3n) is 5.80. The van der Waals surface area contributed by atoms with Crippen LogP contribution in [-0.2, 0) is 11.8 Å². The zero-order valence-electron chi connectivity index (χ0n) is 20.0. The third-order valence-corrected chi connectivity index (χ3v) is 6.04. The lowest BCUT2D eigenvalue weighted by atomic mass is 9.89. The second-order valence-corrected chi connectivity index (χ2v) is 8.88. The monoisotopic (exact) mass is 665 g/mol. The van der Waals surface area contributed by atoms with E-state index in [0.29, 0.717) is 4.68 Å². The Morgan fingerprint density at radius 2 is 1.07 bits per heavy atom. The number of rotatable bonds is 10. The van der Waals surface area contributed by atoms with Gasteiger partial charge < -0.3 is 5.32 Å². The molecule has 0 saturated heterocycles. The molecule has 1 N–H and O–H groups in total. The smallest absolute Gasteiger partial charge is 0.314 e. The summed E-state index contributed by atoms with van der Waals surface area (Å²) in [6.45, 7) is 0.852. The number of carbonyl (C=O) groups excluding carboxylic acids is 1. The molecule has 0 aliphatic rings. The first-order valence-corrected chi connectivity index (χ1v) is 10.7. The number of nitrogens with one attached hydrogen (secondary N) is 1. The van der Waals surface area contributed by atoms with Crippen LogP contribution < -0.4 is 10.9 Å². The molecule has 0 saturated carbocycles. The summed E-state index contributed by atoms with van der Waals surface area (Å²) < 4.78 is 220.